The average molecular weight is 341 g/mol. The Labute approximate surface area is 145 Å². The molecule has 0 saturated carbocycles. The summed E-state index contributed by atoms with van der Waals surface area (Å²) >= 11 is 0. The first kappa shape index (κ1) is 16.0. The zero-order valence-corrected chi connectivity index (χ0v) is 14.0. The molecule has 5 nitrogen and oxygen atoms in total. The standard InChI is InChI=1S/C19H20FN3O2/c1-22-9-13-10-23(19(25)15-5-6-21-8-17(15)24)11-16(13)18(22)12-3-2-4-14(20)7-12/h2-8,13,16,18,24H,9-11H2,1H3/t13-,16+,18-/m0/s1. The van der Waals surface area contributed by atoms with Gasteiger partial charge in [0.05, 0.1) is 11.8 Å². The van der Waals surface area contributed by atoms with Crippen molar-refractivity contribution in [1.29, 1.82) is 0 Å². The van der Waals surface area contributed by atoms with Gasteiger partial charge in [0.1, 0.15) is 11.6 Å². The molecule has 2 fully saturated rings. The molecular formula is C19H20FN3O2. The van der Waals surface area contributed by atoms with Gasteiger partial charge in [-0.1, -0.05) is 12.1 Å². The number of hydrogen-bond acceptors (Lipinski definition) is 4. The van der Waals surface area contributed by atoms with Gasteiger partial charge in [0.25, 0.3) is 5.91 Å². The molecule has 0 spiro atoms. The van der Waals surface area contributed by atoms with E-state index in [9.17, 15) is 14.3 Å². The summed E-state index contributed by atoms with van der Waals surface area (Å²) < 4.78 is 13.6. The number of carbonyl (C=O) groups is 1. The van der Waals surface area contributed by atoms with Gasteiger partial charge < -0.3 is 10.0 Å². The number of nitrogens with zero attached hydrogens (tertiary/aromatic N) is 3. The maximum atomic E-state index is 13.6. The van der Waals surface area contributed by atoms with Crippen molar-refractivity contribution in [2.24, 2.45) is 11.8 Å². The third kappa shape index (κ3) is 2.76. The van der Waals surface area contributed by atoms with E-state index in [2.05, 4.69) is 16.9 Å². The van der Waals surface area contributed by atoms with Crippen LogP contribution in [0.3, 0.4) is 0 Å². The highest BCUT2D eigenvalue weighted by molar-refractivity contribution is 5.96. The topological polar surface area (TPSA) is 56.7 Å². The molecule has 2 aromatic rings. The molecular weight excluding hydrogens is 321 g/mol. The van der Waals surface area contributed by atoms with Gasteiger partial charge in [0.2, 0.25) is 0 Å². The van der Waals surface area contributed by atoms with Gasteiger partial charge in [0.15, 0.2) is 0 Å². The number of hydrogen-bond donors (Lipinski definition) is 1. The van der Waals surface area contributed by atoms with Crippen LogP contribution in [0.4, 0.5) is 4.39 Å². The highest BCUT2D eigenvalue weighted by atomic mass is 19.1. The van der Waals surface area contributed by atoms with Crippen molar-refractivity contribution in [2.75, 3.05) is 26.7 Å². The average Bonchev–Trinajstić information content (AvgIpc) is 3.11. The summed E-state index contributed by atoms with van der Waals surface area (Å²) in [5.41, 5.74) is 1.24. The van der Waals surface area contributed by atoms with Gasteiger partial charge in [-0.2, -0.15) is 0 Å². The Morgan fingerprint density at radius 3 is 2.88 bits per heavy atom. The molecule has 3 atom stereocenters. The van der Waals surface area contributed by atoms with E-state index < -0.39 is 0 Å². The maximum absolute atomic E-state index is 13.6. The third-order valence-electron chi connectivity index (χ3n) is 5.40. The third-order valence-corrected chi connectivity index (χ3v) is 5.40. The number of aromatic nitrogens is 1. The summed E-state index contributed by atoms with van der Waals surface area (Å²) in [5, 5.41) is 9.89. The number of benzene rings is 1. The SMILES string of the molecule is CN1C[C@H]2CN(C(=O)c3ccncc3O)C[C@H]2[C@@H]1c1cccc(F)c1. The molecule has 0 radical (unpaired) electrons. The number of likely N-dealkylation sites (tertiary alicyclic amines) is 2. The summed E-state index contributed by atoms with van der Waals surface area (Å²) in [5.74, 6) is 0.117. The zero-order valence-electron chi connectivity index (χ0n) is 14.0. The number of rotatable bonds is 2. The molecule has 0 aliphatic carbocycles. The largest absolute Gasteiger partial charge is 0.505 e. The van der Waals surface area contributed by atoms with E-state index in [0.717, 1.165) is 12.1 Å². The second kappa shape index (κ2) is 6.11. The zero-order chi connectivity index (χ0) is 17.6. The minimum atomic E-state index is -0.234. The Balaban J connectivity index is 1.57. The first-order valence-electron chi connectivity index (χ1n) is 8.42. The highest BCUT2D eigenvalue weighted by Gasteiger charge is 2.47. The van der Waals surface area contributed by atoms with Crippen LogP contribution < -0.4 is 0 Å². The molecule has 1 aromatic carbocycles. The van der Waals surface area contributed by atoms with E-state index in [1.165, 1.54) is 18.5 Å². The van der Waals surface area contributed by atoms with Crippen LogP contribution in [0, 0.1) is 17.7 Å². The predicted octanol–water partition coefficient (Wildman–Crippen LogP) is 2.30. The second-order valence-electron chi connectivity index (χ2n) is 6.97. The molecule has 4 rings (SSSR count). The molecule has 0 unspecified atom stereocenters. The van der Waals surface area contributed by atoms with Crippen LogP contribution in [0.25, 0.3) is 0 Å². The van der Waals surface area contributed by atoms with Gasteiger partial charge in [0, 0.05) is 37.8 Å². The van der Waals surface area contributed by atoms with Crippen LogP contribution in [0.2, 0.25) is 0 Å². The van der Waals surface area contributed by atoms with Gasteiger partial charge >= 0.3 is 0 Å². The number of pyridine rings is 1. The Morgan fingerprint density at radius 2 is 2.12 bits per heavy atom. The van der Waals surface area contributed by atoms with Crippen molar-refractivity contribution in [3.63, 3.8) is 0 Å². The Bertz CT molecular complexity index is 813. The quantitative estimate of drug-likeness (QED) is 0.911. The molecule has 25 heavy (non-hydrogen) atoms. The van der Waals surface area contributed by atoms with Crippen molar-refractivity contribution in [1.82, 2.24) is 14.8 Å². The number of aromatic hydroxyl groups is 1. The first-order chi connectivity index (χ1) is 12.0. The van der Waals surface area contributed by atoms with Crippen LogP contribution in [0.5, 0.6) is 5.75 Å². The number of fused-ring (bicyclic) bond motifs is 1. The molecule has 130 valence electrons. The second-order valence-corrected chi connectivity index (χ2v) is 6.97. The van der Waals surface area contributed by atoms with Crippen molar-refractivity contribution in [3.8, 4) is 5.75 Å². The molecule has 1 amide bonds. The Hall–Kier alpha value is -2.47. The van der Waals surface area contributed by atoms with Gasteiger partial charge in [-0.05, 0) is 36.7 Å². The van der Waals surface area contributed by atoms with Crippen molar-refractivity contribution < 1.29 is 14.3 Å². The molecule has 6 heteroatoms. The summed E-state index contributed by atoms with van der Waals surface area (Å²) in [6, 6.07) is 8.37. The molecule has 0 bridgehead atoms. The highest BCUT2D eigenvalue weighted by Crippen LogP contribution is 2.44. The van der Waals surface area contributed by atoms with Crippen LogP contribution in [-0.4, -0.2) is 52.5 Å². The van der Waals surface area contributed by atoms with E-state index in [1.807, 2.05) is 6.07 Å². The number of carbonyl (C=O) groups excluding carboxylic acids is 1. The van der Waals surface area contributed by atoms with Crippen molar-refractivity contribution in [3.05, 3.63) is 59.7 Å². The van der Waals surface area contributed by atoms with Gasteiger partial charge in [-0.15, -0.1) is 0 Å². The summed E-state index contributed by atoms with van der Waals surface area (Å²) in [4.78, 5) is 20.6. The van der Waals surface area contributed by atoms with E-state index in [1.54, 1.807) is 23.1 Å². The predicted molar refractivity (Wildman–Crippen MR) is 90.6 cm³/mol. The van der Waals surface area contributed by atoms with Crippen LogP contribution in [0.15, 0.2) is 42.7 Å². The van der Waals surface area contributed by atoms with E-state index in [4.69, 9.17) is 0 Å². The van der Waals surface area contributed by atoms with E-state index in [0.29, 0.717) is 19.0 Å². The van der Waals surface area contributed by atoms with Crippen molar-refractivity contribution in [2.45, 2.75) is 6.04 Å². The number of amides is 1. The fourth-order valence-corrected chi connectivity index (χ4v) is 4.35. The normalized spacial score (nSPS) is 26.0. The Morgan fingerprint density at radius 1 is 1.28 bits per heavy atom. The fourth-order valence-electron chi connectivity index (χ4n) is 4.35. The van der Waals surface area contributed by atoms with Gasteiger partial charge in [-0.3, -0.25) is 14.7 Å². The monoisotopic (exact) mass is 341 g/mol. The molecule has 1 N–H and O–H groups in total. The summed E-state index contributed by atoms with van der Waals surface area (Å²) in [6.07, 6.45) is 2.79. The molecule has 3 heterocycles. The Kier molecular flexibility index (Phi) is 3.92. The lowest BCUT2D eigenvalue weighted by atomic mass is 9.89. The lowest BCUT2D eigenvalue weighted by Crippen LogP contribution is -2.33. The van der Waals surface area contributed by atoms with Gasteiger partial charge in [-0.25, -0.2) is 4.39 Å². The molecule has 1 aromatic heterocycles. The maximum Gasteiger partial charge on any atom is 0.257 e. The van der Waals surface area contributed by atoms with Crippen molar-refractivity contribution >= 4 is 5.91 Å². The smallest absolute Gasteiger partial charge is 0.257 e. The first-order valence-corrected chi connectivity index (χ1v) is 8.42. The summed E-state index contributed by atoms with van der Waals surface area (Å²) in [7, 11) is 2.05. The van der Waals surface area contributed by atoms with Crippen LogP contribution in [-0.2, 0) is 0 Å². The summed E-state index contributed by atoms with van der Waals surface area (Å²) in [6.45, 7) is 2.14. The minimum Gasteiger partial charge on any atom is -0.505 e. The lowest BCUT2D eigenvalue weighted by Gasteiger charge is -2.27. The molecule has 2 aliphatic heterocycles. The van der Waals surface area contributed by atoms with E-state index >= 15 is 0 Å². The lowest BCUT2D eigenvalue weighted by molar-refractivity contribution is 0.0764. The van der Waals surface area contributed by atoms with Crippen LogP contribution >= 0.6 is 0 Å². The fraction of sp³-hybridized carbons (Fsp3) is 0.368. The number of halogens is 1. The van der Waals surface area contributed by atoms with Crippen LogP contribution in [0.1, 0.15) is 22.0 Å². The molecule has 2 saturated heterocycles. The minimum absolute atomic E-state index is 0.0941. The van der Waals surface area contributed by atoms with E-state index in [-0.39, 0.29) is 35.0 Å². The molecule has 2 aliphatic rings.